The van der Waals surface area contributed by atoms with Crippen LogP contribution in [0.3, 0.4) is 0 Å². The van der Waals surface area contributed by atoms with Crippen LogP contribution in [0.15, 0.2) is 76.1 Å². The van der Waals surface area contributed by atoms with Crippen LogP contribution in [-0.4, -0.2) is 29.0 Å². The molecule has 5 nitrogen and oxygen atoms in total. The third-order valence-corrected chi connectivity index (χ3v) is 9.79. The number of benzene rings is 3. The summed E-state index contributed by atoms with van der Waals surface area (Å²) in [6.45, 7) is 5.22. The first kappa shape index (κ1) is 29.3. The molecule has 0 bridgehead atoms. The maximum absolute atomic E-state index is 13.9. The van der Waals surface area contributed by atoms with Gasteiger partial charge in [0.25, 0.3) is 5.91 Å². The first-order valence-electron chi connectivity index (χ1n) is 13.8. The van der Waals surface area contributed by atoms with Gasteiger partial charge in [0.15, 0.2) is 17.0 Å². The number of anilines is 1. The summed E-state index contributed by atoms with van der Waals surface area (Å²) in [6.07, 6.45) is 6.61. The van der Waals surface area contributed by atoms with Crippen molar-refractivity contribution in [2.24, 2.45) is 5.92 Å². The van der Waals surface area contributed by atoms with Crippen LogP contribution >= 0.6 is 50.3 Å². The Labute approximate surface area is 263 Å². The van der Waals surface area contributed by atoms with Crippen molar-refractivity contribution in [3.8, 4) is 11.5 Å². The van der Waals surface area contributed by atoms with Gasteiger partial charge in [-0.1, -0.05) is 77.8 Å². The second-order valence-electron chi connectivity index (χ2n) is 10.2. The van der Waals surface area contributed by atoms with Crippen molar-refractivity contribution < 1.29 is 14.3 Å². The third-order valence-electron chi connectivity index (χ3n) is 7.35. The fourth-order valence-electron chi connectivity index (χ4n) is 5.33. The predicted octanol–water partition coefficient (Wildman–Crippen LogP) is 8.92. The van der Waals surface area contributed by atoms with Gasteiger partial charge in [0, 0.05) is 16.2 Å². The standard InChI is InChI=1S/C32H34BrIN2O3S/c1-3-38-28-18-23(17-26(34)30(28)39-20-22-13-15-24(33)16-14-22)19-29-31(37)36(27-12-8-7-9-21(27)2)32(40-29)35-25-10-5-4-6-11-25/h4-6,10-11,13-19,21,27,32,35H,3,7-9,12,20H2,1-2H3/b29-19-/t21-,27+,32?/m0/s1. The number of hydrogen-bond acceptors (Lipinski definition) is 5. The summed E-state index contributed by atoms with van der Waals surface area (Å²) < 4.78 is 14.2. The van der Waals surface area contributed by atoms with Crippen LogP contribution in [0.25, 0.3) is 6.08 Å². The summed E-state index contributed by atoms with van der Waals surface area (Å²) in [4.78, 5) is 16.8. The Morgan fingerprint density at radius 3 is 2.55 bits per heavy atom. The largest absolute Gasteiger partial charge is 0.490 e. The van der Waals surface area contributed by atoms with Gasteiger partial charge < -0.3 is 19.7 Å². The summed E-state index contributed by atoms with van der Waals surface area (Å²) in [5, 5.41) is 3.62. The molecule has 1 N–H and O–H groups in total. The number of hydrogen-bond donors (Lipinski definition) is 1. The van der Waals surface area contributed by atoms with Crippen LogP contribution in [0.1, 0.15) is 50.7 Å². The Morgan fingerprint density at radius 1 is 1.07 bits per heavy atom. The fourth-order valence-corrected chi connectivity index (χ4v) is 7.59. The minimum absolute atomic E-state index is 0.0979. The van der Waals surface area contributed by atoms with Gasteiger partial charge in [0.1, 0.15) is 6.61 Å². The van der Waals surface area contributed by atoms with Crippen LogP contribution in [0.5, 0.6) is 11.5 Å². The van der Waals surface area contributed by atoms with Crippen molar-refractivity contribution in [1.29, 1.82) is 0 Å². The van der Waals surface area contributed by atoms with E-state index >= 15 is 0 Å². The molecule has 1 saturated heterocycles. The summed E-state index contributed by atoms with van der Waals surface area (Å²) in [6, 6.07) is 22.5. The smallest absolute Gasteiger partial charge is 0.262 e. The van der Waals surface area contributed by atoms with E-state index in [-0.39, 0.29) is 17.4 Å². The highest BCUT2D eigenvalue weighted by molar-refractivity contribution is 14.1. The van der Waals surface area contributed by atoms with Crippen LogP contribution in [0.2, 0.25) is 0 Å². The number of para-hydroxylation sites is 1. The molecule has 1 saturated carbocycles. The monoisotopic (exact) mass is 732 g/mol. The molecule has 8 heteroatoms. The minimum atomic E-state index is -0.148. The third kappa shape index (κ3) is 6.99. The number of nitrogens with one attached hydrogen (secondary N) is 1. The van der Waals surface area contributed by atoms with Crippen LogP contribution in [0.4, 0.5) is 5.69 Å². The maximum atomic E-state index is 13.9. The number of halogens is 2. The molecule has 1 unspecified atom stereocenters. The summed E-state index contributed by atoms with van der Waals surface area (Å²) in [5.41, 5.74) is 2.87. The zero-order valence-electron chi connectivity index (χ0n) is 22.7. The molecular weight excluding hydrogens is 699 g/mol. The van der Waals surface area contributed by atoms with Crippen molar-refractivity contribution in [2.45, 2.75) is 57.7 Å². The number of carbonyl (C=O) groups excluding carboxylic acids is 1. The minimum Gasteiger partial charge on any atom is -0.490 e. The van der Waals surface area contributed by atoms with E-state index in [4.69, 9.17) is 9.47 Å². The van der Waals surface area contributed by atoms with Crippen LogP contribution in [0, 0.1) is 9.49 Å². The van der Waals surface area contributed by atoms with Crippen molar-refractivity contribution in [3.05, 3.63) is 90.8 Å². The van der Waals surface area contributed by atoms with Crippen molar-refractivity contribution in [2.75, 3.05) is 11.9 Å². The zero-order valence-corrected chi connectivity index (χ0v) is 27.3. The van der Waals surface area contributed by atoms with E-state index in [1.807, 2.05) is 61.5 Å². The maximum Gasteiger partial charge on any atom is 0.262 e. The molecule has 3 aromatic rings. The van der Waals surface area contributed by atoms with Gasteiger partial charge in [0.2, 0.25) is 0 Å². The van der Waals surface area contributed by atoms with Gasteiger partial charge in [-0.05, 0) is 102 Å². The number of thioether (sulfide) groups is 1. The average Bonchev–Trinajstić information content (AvgIpc) is 3.24. The number of carbonyl (C=O) groups is 1. The topological polar surface area (TPSA) is 50.8 Å². The van der Waals surface area contributed by atoms with E-state index in [9.17, 15) is 4.79 Å². The summed E-state index contributed by atoms with van der Waals surface area (Å²) >= 11 is 7.38. The number of rotatable bonds is 9. The molecule has 2 fully saturated rings. The highest BCUT2D eigenvalue weighted by Gasteiger charge is 2.43. The summed E-state index contributed by atoms with van der Waals surface area (Å²) in [5.74, 6) is 1.98. The van der Waals surface area contributed by atoms with E-state index in [1.54, 1.807) is 11.8 Å². The van der Waals surface area contributed by atoms with Gasteiger partial charge in [0.05, 0.1) is 15.1 Å². The molecule has 0 radical (unpaired) electrons. The van der Waals surface area contributed by atoms with Crippen LogP contribution in [-0.2, 0) is 11.4 Å². The molecule has 0 spiro atoms. The molecule has 3 aromatic carbocycles. The Balaban J connectivity index is 1.42. The second-order valence-corrected chi connectivity index (χ2v) is 13.4. The molecule has 5 rings (SSSR count). The number of amides is 1. The van der Waals surface area contributed by atoms with Gasteiger partial charge in [-0.25, -0.2) is 0 Å². The fraction of sp³-hybridized carbons (Fsp3) is 0.344. The van der Waals surface area contributed by atoms with Crippen molar-refractivity contribution >= 4 is 68.0 Å². The molecule has 210 valence electrons. The van der Waals surface area contributed by atoms with Gasteiger partial charge in [-0.3, -0.25) is 4.79 Å². The Bertz CT molecular complexity index is 1350. The summed E-state index contributed by atoms with van der Waals surface area (Å²) in [7, 11) is 0. The highest BCUT2D eigenvalue weighted by atomic mass is 127. The van der Waals surface area contributed by atoms with Gasteiger partial charge in [-0.2, -0.15) is 0 Å². The average molecular weight is 734 g/mol. The van der Waals surface area contributed by atoms with E-state index in [0.717, 1.165) is 54.8 Å². The molecule has 40 heavy (non-hydrogen) atoms. The van der Waals surface area contributed by atoms with Gasteiger partial charge >= 0.3 is 0 Å². The lowest BCUT2D eigenvalue weighted by atomic mass is 9.85. The lowest BCUT2D eigenvalue weighted by Crippen LogP contribution is -2.48. The first-order valence-corrected chi connectivity index (χ1v) is 16.5. The quantitative estimate of drug-likeness (QED) is 0.176. The van der Waals surface area contributed by atoms with Crippen LogP contribution < -0.4 is 14.8 Å². The van der Waals surface area contributed by atoms with E-state index in [2.05, 4.69) is 73.9 Å². The van der Waals surface area contributed by atoms with E-state index in [1.165, 1.54) is 6.42 Å². The molecule has 2 aliphatic rings. The molecule has 1 aliphatic heterocycles. The van der Waals surface area contributed by atoms with E-state index < -0.39 is 0 Å². The predicted molar refractivity (Wildman–Crippen MR) is 176 cm³/mol. The molecule has 3 atom stereocenters. The zero-order chi connectivity index (χ0) is 28.1. The molecule has 1 amide bonds. The number of ether oxygens (including phenoxy) is 2. The molecule has 0 aromatic heterocycles. The van der Waals surface area contributed by atoms with E-state index in [0.29, 0.717) is 24.9 Å². The lowest BCUT2D eigenvalue weighted by molar-refractivity contribution is -0.129. The first-order chi connectivity index (χ1) is 19.4. The SMILES string of the molecule is CCOc1cc(/C=C2\SC(Nc3ccccc3)N([C@@H]3CCCC[C@@H]3C)C2=O)cc(I)c1OCc1ccc(Br)cc1. The Morgan fingerprint density at radius 2 is 1.82 bits per heavy atom. The molecule has 1 heterocycles. The van der Waals surface area contributed by atoms with Crippen molar-refractivity contribution in [3.63, 3.8) is 0 Å². The molecular formula is C32H34BrIN2O3S. The number of nitrogens with zero attached hydrogens (tertiary/aromatic N) is 1. The Hall–Kier alpha value is -2.17. The molecule has 1 aliphatic carbocycles. The normalized spacial score (nSPS) is 22.0. The van der Waals surface area contributed by atoms with Crippen molar-refractivity contribution in [1.82, 2.24) is 4.90 Å². The lowest BCUT2D eigenvalue weighted by Gasteiger charge is -2.39. The van der Waals surface area contributed by atoms with Gasteiger partial charge in [-0.15, -0.1) is 0 Å². The Kier molecular flexibility index (Phi) is 10.0. The second kappa shape index (κ2) is 13.7. The highest BCUT2D eigenvalue weighted by Crippen LogP contribution is 2.43.